The Hall–Kier alpha value is -0.980. The van der Waals surface area contributed by atoms with Crippen molar-refractivity contribution in [2.75, 3.05) is 0 Å². The number of phenols is 1. The van der Waals surface area contributed by atoms with E-state index in [1.165, 1.54) is 24.0 Å². The quantitative estimate of drug-likeness (QED) is 0.750. The van der Waals surface area contributed by atoms with E-state index in [2.05, 4.69) is 13.0 Å². The highest BCUT2D eigenvalue weighted by Gasteiger charge is 2.21. The van der Waals surface area contributed by atoms with Gasteiger partial charge in [-0.1, -0.05) is 13.0 Å². The minimum absolute atomic E-state index is 0.426. The van der Waals surface area contributed by atoms with Crippen molar-refractivity contribution in [1.29, 1.82) is 0 Å². The highest BCUT2D eigenvalue weighted by atomic mass is 16.3. The fourth-order valence-electron chi connectivity index (χ4n) is 1.72. The Morgan fingerprint density at radius 1 is 1.23 bits per heavy atom. The first-order valence-electron chi connectivity index (χ1n) is 5.09. The number of aryl methyl sites for hydroxylation is 1. The summed E-state index contributed by atoms with van der Waals surface area (Å²) < 4.78 is 0. The first-order valence-corrected chi connectivity index (χ1v) is 5.09. The SMILES string of the molecule is CCc1cc(O)cc(CC2CC2)c1. The number of aromatic hydroxyl groups is 1. The molecule has 0 amide bonds. The van der Waals surface area contributed by atoms with E-state index in [0.717, 1.165) is 18.8 Å². The number of benzene rings is 1. The number of hydrogen-bond acceptors (Lipinski definition) is 1. The topological polar surface area (TPSA) is 20.2 Å². The van der Waals surface area contributed by atoms with Crippen molar-refractivity contribution >= 4 is 0 Å². The molecule has 1 aliphatic carbocycles. The Kier molecular flexibility index (Phi) is 2.26. The Bertz CT molecular complexity index is 300. The Morgan fingerprint density at radius 2 is 1.92 bits per heavy atom. The third-order valence-corrected chi connectivity index (χ3v) is 2.67. The molecule has 0 bridgehead atoms. The molecule has 13 heavy (non-hydrogen) atoms. The molecule has 1 heteroatoms. The van der Waals surface area contributed by atoms with Crippen molar-refractivity contribution in [3.63, 3.8) is 0 Å². The van der Waals surface area contributed by atoms with Crippen molar-refractivity contribution in [2.24, 2.45) is 5.92 Å². The van der Waals surface area contributed by atoms with Gasteiger partial charge in [-0.3, -0.25) is 0 Å². The molecule has 0 unspecified atom stereocenters. The van der Waals surface area contributed by atoms with Gasteiger partial charge in [0.2, 0.25) is 0 Å². The molecule has 1 N–H and O–H groups in total. The van der Waals surface area contributed by atoms with Gasteiger partial charge in [-0.05, 0) is 54.9 Å². The van der Waals surface area contributed by atoms with Crippen LogP contribution in [0.15, 0.2) is 18.2 Å². The number of rotatable bonds is 3. The second kappa shape index (κ2) is 3.41. The van der Waals surface area contributed by atoms with Crippen molar-refractivity contribution < 1.29 is 5.11 Å². The molecule has 1 aromatic rings. The van der Waals surface area contributed by atoms with E-state index < -0.39 is 0 Å². The second-order valence-corrected chi connectivity index (χ2v) is 4.01. The van der Waals surface area contributed by atoms with Crippen LogP contribution in [0.3, 0.4) is 0 Å². The average molecular weight is 176 g/mol. The minimum atomic E-state index is 0.426. The van der Waals surface area contributed by atoms with Crippen LogP contribution in [0.25, 0.3) is 0 Å². The fraction of sp³-hybridized carbons (Fsp3) is 0.500. The van der Waals surface area contributed by atoms with Gasteiger partial charge in [0, 0.05) is 0 Å². The minimum Gasteiger partial charge on any atom is -0.508 e. The lowest BCUT2D eigenvalue weighted by atomic mass is 10.0. The standard InChI is InChI=1S/C12H16O/c1-2-9-5-11(6-10-3-4-10)8-12(13)7-9/h5,7-8,10,13H,2-4,6H2,1H3. The molecule has 0 atom stereocenters. The van der Waals surface area contributed by atoms with Crippen LogP contribution in [0.5, 0.6) is 5.75 Å². The van der Waals surface area contributed by atoms with E-state index >= 15 is 0 Å². The van der Waals surface area contributed by atoms with Gasteiger partial charge in [-0.2, -0.15) is 0 Å². The van der Waals surface area contributed by atoms with Gasteiger partial charge in [0.25, 0.3) is 0 Å². The zero-order valence-electron chi connectivity index (χ0n) is 8.09. The molecule has 1 aliphatic rings. The monoisotopic (exact) mass is 176 g/mol. The summed E-state index contributed by atoms with van der Waals surface area (Å²) in [6.45, 7) is 2.12. The zero-order chi connectivity index (χ0) is 9.26. The summed E-state index contributed by atoms with van der Waals surface area (Å²) >= 11 is 0. The van der Waals surface area contributed by atoms with E-state index in [0.29, 0.717) is 5.75 Å². The maximum atomic E-state index is 9.46. The van der Waals surface area contributed by atoms with Crippen molar-refractivity contribution in [1.82, 2.24) is 0 Å². The normalized spacial score (nSPS) is 16.1. The summed E-state index contributed by atoms with van der Waals surface area (Å²) in [6.07, 6.45) is 4.90. The molecule has 0 spiro atoms. The maximum absolute atomic E-state index is 9.46. The average Bonchev–Trinajstić information content (AvgIpc) is 2.87. The molecule has 0 saturated heterocycles. The molecule has 2 rings (SSSR count). The predicted octanol–water partition coefficient (Wildman–Crippen LogP) is 2.91. The van der Waals surface area contributed by atoms with E-state index in [1.54, 1.807) is 0 Å². The van der Waals surface area contributed by atoms with Crippen LogP contribution in [0, 0.1) is 5.92 Å². The molecule has 0 aromatic heterocycles. The molecule has 1 saturated carbocycles. The largest absolute Gasteiger partial charge is 0.508 e. The van der Waals surface area contributed by atoms with Gasteiger partial charge < -0.3 is 5.11 Å². The molecular formula is C12H16O. The zero-order valence-corrected chi connectivity index (χ0v) is 8.09. The van der Waals surface area contributed by atoms with Crippen LogP contribution < -0.4 is 0 Å². The van der Waals surface area contributed by atoms with E-state index in [1.807, 2.05) is 12.1 Å². The number of hydrogen-bond donors (Lipinski definition) is 1. The Morgan fingerprint density at radius 3 is 2.54 bits per heavy atom. The van der Waals surface area contributed by atoms with Crippen LogP contribution in [-0.4, -0.2) is 5.11 Å². The summed E-state index contributed by atoms with van der Waals surface area (Å²) in [5, 5.41) is 9.46. The van der Waals surface area contributed by atoms with E-state index in [9.17, 15) is 5.11 Å². The molecule has 0 radical (unpaired) electrons. The summed E-state index contributed by atoms with van der Waals surface area (Å²) in [4.78, 5) is 0. The van der Waals surface area contributed by atoms with Gasteiger partial charge in [0.1, 0.15) is 5.75 Å². The summed E-state index contributed by atoms with van der Waals surface area (Å²) in [5.74, 6) is 1.32. The predicted molar refractivity (Wildman–Crippen MR) is 53.9 cm³/mol. The fourth-order valence-corrected chi connectivity index (χ4v) is 1.72. The highest BCUT2D eigenvalue weighted by molar-refractivity contribution is 5.34. The Labute approximate surface area is 79.4 Å². The first-order chi connectivity index (χ1) is 6.28. The van der Waals surface area contributed by atoms with E-state index in [4.69, 9.17) is 0 Å². The molecular weight excluding hydrogens is 160 g/mol. The van der Waals surface area contributed by atoms with Crippen LogP contribution >= 0.6 is 0 Å². The van der Waals surface area contributed by atoms with Gasteiger partial charge >= 0.3 is 0 Å². The van der Waals surface area contributed by atoms with E-state index in [-0.39, 0.29) is 0 Å². The molecule has 1 nitrogen and oxygen atoms in total. The molecule has 1 aromatic carbocycles. The van der Waals surface area contributed by atoms with Crippen LogP contribution in [-0.2, 0) is 12.8 Å². The van der Waals surface area contributed by atoms with Crippen LogP contribution in [0.1, 0.15) is 30.9 Å². The van der Waals surface area contributed by atoms with Gasteiger partial charge in [0.05, 0.1) is 0 Å². The maximum Gasteiger partial charge on any atom is 0.116 e. The number of phenolic OH excluding ortho intramolecular Hbond substituents is 1. The van der Waals surface area contributed by atoms with Crippen molar-refractivity contribution in [2.45, 2.75) is 32.6 Å². The van der Waals surface area contributed by atoms with Gasteiger partial charge in [-0.15, -0.1) is 0 Å². The summed E-state index contributed by atoms with van der Waals surface area (Å²) in [6, 6.07) is 5.98. The second-order valence-electron chi connectivity index (χ2n) is 4.01. The first kappa shape index (κ1) is 8.61. The third kappa shape index (κ3) is 2.24. The summed E-state index contributed by atoms with van der Waals surface area (Å²) in [5.41, 5.74) is 2.55. The Balaban J connectivity index is 2.17. The lowest BCUT2D eigenvalue weighted by Crippen LogP contribution is -1.89. The van der Waals surface area contributed by atoms with Crippen molar-refractivity contribution in [3.8, 4) is 5.75 Å². The smallest absolute Gasteiger partial charge is 0.116 e. The highest BCUT2D eigenvalue weighted by Crippen LogP contribution is 2.33. The molecule has 0 heterocycles. The van der Waals surface area contributed by atoms with Crippen molar-refractivity contribution in [3.05, 3.63) is 29.3 Å². The van der Waals surface area contributed by atoms with Gasteiger partial charge in [0.15, 0.2) is 0 Å². The van der Waals surface area contributed by atoms with Crippen LogP contribution in [0.2, 0.25) is 0 Å². The summed E-state index contributed by atoms with van der Waals surface area (Å²) in [7, 11) is 0. The molecule has 1 fully saturated rings. The lowest BCUT2D eigenvalue weighted by Gasteiger charge is -2.04. The lowest BCUT2D eigenvalue weighted by molar-refractivity contribution is 0.473. The molecule has 0 aliphatic heterocycles. The molecule has 70 valence electrons. The third-order valence-electron chi connectivity index (χ3n) is 2.67. The van der Waals surface area contributed by atoms with Crippen LogP contribution in [0.4, 0.5) is 0 Å². The van der Waals surface area contributed by atoms with Gasteiger partial charge in [-0.25, -0.2) is 0 Å².